The van der Waals surface area contributed by atoms with Gasteiger partial charge in [0.25, 0.3) is 5.91 Å². The summed E-state index contributed by atoms with van der Waals surface area (Å²) in [6, 6.07) is 9.22. The molecule has 0 saturated carbocycles. The number of halogens is 2. The van der Waals surface area contributed by atoms with Crippen molar-refractivity contribution in [3.05, 3.63) is 58.1 Å². The van der Waals surface area contributed by atoms with E-state index in [9.17, 15) is 17.6 Å². The number of nitrogens with one attached hydrogen (secondary N) is 4. The molecule has 9 nitrogen and oxygen atoms in total. The lowest BCUT2D eigenvalue weighted by molar-refractivity contribution is 0.101. The van der Waals surface area contributed by atoms with Crippen molar-refractivity contribution in [1.29, 1.82) is 5.41 Å². The molecule has 4 rings (SSSR count). The standard InChI is InChI=1S/C19H18BrFN6O3S/c1-19(9-31(29,30)27(2)18(22)26-19)12-8-11(4-5-13(12)21)23-17(28)16-24-14-6-3-10(20)7-15(14)25-16/h3-8H,9H2,1-2H3,(H2,22,26)(H,23,28)(H,24,25). The fraction of sp³-hybridized carbons (Fsp3) is 0.211. The van der Waals surface area contributed by atoms with E-state index in [0.29, 0.717) is 11.0 Å². The molecule has 3 aromatic rings. The smallest absolute Gasteiger partial charge is 0.291 e. The zero-order chi connectivity index (χ0) is 22.6. The number of aromatic nitrogens is 2. The van der Waals surface area contributed by atoms with Crippen LogP contribution in [0.1, 0.15) is 23.1 Å². The van der Waals surface area contributed by atoms with Gasteiger partial charge >= 0.3 is 0 Å². The second-order valence-electron chi connectivity index (χ2n) is 7.43. The van der Waals surface area contributed by atoms with E-state index in [-0.39, 0.29) is 23.0 Å². The van der Waals surface area contributed by atoms with Crippen LogP contribution in [0.2, 0.25) is 0 Å². The lowest BCUT2D eigenvalue weighted by atomic mass is 9.93. The Morgan fingerprint density at radius 2 is 2.06 bits per heavy atom. The minimum Gasteiger partial charge on any atom is -0.345 e. The summed E-state index contributed by atoms with van der Waals surface area (Å²) >= 11 is 3.35. The summed E-state index contributed by atoms with van der Waals surface area (Å²) in [5, 5.41) is 13.3. The Morgan fingerprint density at radius 3 is 2.77 bits per heavy atom. The topological polar surface area (TPSA) is 131 Å². The van der Waals surface area contributed by atoms with Gasteiger partial charge in [-0.15, -0.1) is 0 Å². The van der Waals surface area contributed by atoms with Crippen LogP contribution in [0.5, 0.6) is 0 Å². The lowest BCUT2D eigenvalue weighted by Crippen LogP contribution is -2.61. The number of carbonyl (C=O) groups excluding carboxylic acids is 1. The third kappa shape index (κ3) is 3.88. The van der Waals surface area contributed by atoms with Crippen molar-refractivity contribution in [2.45, 2.75) is 12.5 Å². The van der Waals surface area contributed by atoms with E-state index >= 15 is 0 Å². The molecule has 1 fully saturated rings. The van der Waals surface area contributed by atoms with E-state index in [0.717, 1.165) is 14.8 Å². The number of guanidine groups is 1. The maximum absolute atomic E-state index is 14.7. The number of aromatic amines is 1. The van der Waals surface area contributed by atoms with Crippen molar-refractivity contribution >= 4 is 54.5 Å². The molecule has 12 heteroatoms. The SMILES string of the molecule is CN1C(=N)NC(C)(c2cc(NC(=O)c3nc4cc(Br)ccc4[nH]3)ccc2F)CS1(=O)=O. The minimum absolute atomic E-state index is 0.0141. The van der Waals surface area contributed by atoms with Crippen LogP contribution in [0.15, 0.2) is 40.9 Å². The summed E-state index contributed by atoms with van der Waals surface area (Å²) in [7, 11) is -2.55. The van der Waals surface area contributed by atoms with Crippen molar-refractivity contribution in [1.82, 2.24) is 19.6 Å². The number of nitrogens with zero attached hydrogens (tertiary/aromatic N) is 2. The van der Waals surface area contributed by atoms with E-state index < -0.39 is 33.0 Å². The molecule has 0 aliphatic carbocycles. The molecule has 2 heterocycles. The number of sulfonamides is 1. The van der Waals surface area contributed by atoms with Crippen molar-refractivity contribution in [2.24, 2.45) is 0 Å². The second-order valence-corrected chi connectivity index (χ2v) is 10.3. The van der Waals surface area contributed by atoms with Gasteiger partial charge in [-0.25, -0.2) is 22.1 Å². The van der Waals surface area contributed by atoms with Gasteiger partial charge in [0.2, 0.25) is 16.0 Å². The number of rotatable bonds is 3. The Labute approximate surface area is 185 Å². The molecule has 0 radical (unpaired) electrons. The fourth-order valence-corrected chi connectivity index (χ4v) is 5.25. The molecule has 0 bridgehead atoms. The van der Waals surface area contributed by atoms with Crippen LogP contribution in [0.3, 0.4) is 0 Å². The zero-order valence-corrected chi connectivity index (χ0v) is 18.9. The van der Waals surface area contributed by atoms with Gasteiger partial charge in [0.15, 0.2) is 5.82 Å². The van der Waals surface area contributed by atoms with Crippen LogP contribution in [0.25, 0.3) is 11.0 Å². The summed E-state index contributed by atoms with van der Waals surface area (Å²) in [4.78, 5) is 19.8. The summed E-state index contributed by atoms with van der Waals surface area (Å²) < 4.78 is 41.1. The maximum atomic E-state index is 14.7. The largest absolute Gasteiger partial charge is 0.345 e. The van der Waals surface area contributed by atoms with Gasteiger partial charge in [-0.3, -0.25) is 10.2 Å². The van der Waals surface area contributed by atoms with Crippen molar-refractivity contribution in [3.63, 3.8) is 0 Å². The number of benzene rings is 2. The zero-order valence-electron chi connectivity index (χ0n) is 16.5. The van der Waals surface area contributed by atoms with Gasteiger partial charge in [0.05, 0.1) is 22.3 Å². The number of fused-ring (bicyclic) bond motifs is 1. The number of H-pyrrole nitrogens is 1. The Bertz CT molecular complexity index is 1340. The molecule has 4 N–H and O–H groups in total. The highest BCUT2D eigenvalue weighted by atomic mass is 79.9. The Hall–Kier alpha value is -2.99. The molecular formula is C19H18BrFN6O3S. The number of amides is 1. The molecule has 162 valence electrons. The Morgan fingerprint density at radius 1 is 1.32 bits per heavy atom. The van der Waals surface area contributed by atoms with Gasteiger partial charge in [-0.2, -0.15) is 0 Å². The summed E-state index contributed by atoms with van der Waals surface area (Å²) in [5.74, 6) is -1.94. The Kier molecular flexibility index (Phi) is 5.01. The van der Waals surface area contributed by atoms with E-state index in [4.69, 9.17) is 5.41 Å². The van der Waals surface area contributed by atoms with Gasteiger partial charge in [-0.05, 0) is 43.3 Å². The molecule has 0 spiro atoms. The molecule has 1 aromatic heterocycles. The molecule has 31 heavy (non-hydrogen) atoms. The highest BCUT2D eigenvalue weighted by Gasteiger charge is 2.43. The number of imidazole rings is 1. The van der Waals surface area contributed by atoms with E-state index in [1.807, 2.05) is 6.07 Å². The first-order chi connectivity index (χ1) is 14.5. The monoisotopic (exact) mass is 508 g/mol. The number of hydrogen-bond acceptors (Lipinski definition) is 5. The van der Waals surface area contributed by atoms with Crippen molar-refractivity contribution in [2.75, 3.05) is 18.1 Å². The second kappa shape index (κ2) is 7.31. The molecular weight excluding hydrogens is 491 g/mol. The van der Waals surface area contributed by atoms with Gasteiger partial charge < -0.3 is 15.6 Å². The lowest BCUT2D eigenvalue weighted by Gasteiger charge is -2.40. The summed E-state index contributed by atoms with van der Waals surface area (Å²) in [6.07, 6.45) is 0. The average Bonchev–Trinajstić information content (AvgIpc) is 3.10. The third-order valence-electron chi connectivity index (χ3n) is 5.08. The number of hydrogen-bond donors (Lipinski definition) is 4. The van der Waals surface area contributed by atoms with Crippen LogP contribution < -0.4 is 10.6 Å². The minimum atomic E-state index is -3.81. The number of carbonyl (C=O) groups is 1. The van der Waals surface area contributed by atoms with Gasteiger partial charge in [0, 0.05) is 22.8 Å². The van der Waals surface area contributed by atoms with Crippen LogP contribution in [-0.2, 0) is 15.6 Å². The van der Waals surface area contributed by atoms with Crippen LogP contribution in [-0.4, -0.2) is 47.4 Å². The molecule has 1 unspecified atom stereocenters. The van der Waals surface area contributed by atoms with Crippen molar-refractivity contribution < 1.29 is 17.6 Å². The highest BCUT2D eigenvalue weighted by molar-refractivity contribution is 9.10. The molecule has 1 aliphatic rings. The third-order valence-corrected chi connectivity index (χ3v) is 7.53. The first-order valence-corrected chi connectivity index (χ1v) is 11.5. The highest BCUT2D eigenvalue weighted by Crippen LogP contribution is 2.31. The molecule has 1 saturated heterocycles. The number of anilines is 1. The summed E-state index contributed by atoms with van der Waals surface area (Å²) in [5.41, 5.74) is 0.166. The van der Waals surface area contributed by atoms with Gasteiger partial charge in [0.1, 0.15) is 5.82 Å². The van der Waals surface area contributed by atoms with E-state index in [1.165, 1.54) is 26.1 Å². The maximum Gasteiger partial charge on any atom is 0.291 e. The molecule has 1 atom stereocenters. The van der Waals surface area contributed by atoms with Crippen molar-refractivity contribution in [3.8, 4) is 0 Å². The normalized spacial score (nSPS) is 20.5. The summed E-state index contributed by atoms with van der Waals surface area (Å²) in [6.45, 7) is 1.49. The Balaban J connectivity index is 1.64. The average molecular weight is 509 g/mol. The fourth-order valence-electron chi connectivity index (χ4n) is 3.42. The molecule has 1 amide bonds. The van der Waals surface area contributed by atoms with E-state index in [1.54, 1.807) is 12.1 Å². The van der Waals surface area contributed by atoms with Crippen LogP contribution >= 0.6 is 15.9 Å². The van der Waals surface area contributed by atoms with Crippen LogP contribution in [0.4, 0.5) is 10.1 Å². The van der Waals surface area contributed by atoms with Crippen LogP contribution in [0, 0.1) is 11.2 Å². The quantitative estimate of drug-likeness (QED) is 0.431. The first-order valence-electron chi connectivity index (χ1n) is 9.08. The predicted molar refractivity (Wildman–Crippen MR) is 118 cm³/mol. The van der Waals surface area contributed by atoms with E-state index in [2.05, 4.69) is 36.5 Å². The van der Waals surface area contributed by atoms with Gasteiger partial charge in [-0.1, -0.05) is 15.9 Å². The molecule has 2 aromatic carbocycles. The predicted octanol–water partition coefficient (Wildman–Crippen LogP) is 2.73. The first kappa shape index (κ1) is 21.2. The molecule has 1 aliphatic heterocycles.